The SMILES string of the molecule is COc1ccc(C(=O)/C=C/Sc2nc3ccc(C)cc3[nH]2)cc1. The molecule has 0 spiro atoms. The van der Waals surface area contributed by atoms with Crippen molar-refractivity contribution in [2.45, 2.75) is 12.1 Å². The Morgan fingerprint density at radius 2 is 2.00 bits per heavy atom. The minimum atomic E-state index is -0.0490. The lowest BCUT2D eigenvalue weighted by atomic mass is 10.1. The number of methoxy groups -OCH3 is 1. The van der Waals surface area contributed by atoms with Crippen LogP contribution >= 0.6 is 11.8 Å². The summed E-state index contributed by atoms with van der Waals surface area (Å²) >= 11 is 1.39. The Labute approximate surface area is 138 Å². The highest BCUT2D eigenvalue weighted by atomic mass is 32.2. The van der Waals surface area contributed by atoms with Crippen molar-refractivity contribution in [3.05, 3.63) is 65.1 Å². The lowest BCUT2D eigenvalue weighted by molar-refractivity contribution is 0.104. The van der Waals surface area contributed by atoms with E-state index in [9.17, 15) is 4.79 Å². The molecule has 1 heterocycles. The van der Waals surface area contributed by atoms with Gasteiger partial charge in [0.1, 0.15) is 5.75 Å². The van der Waals surface area contributed by atoms with Crippen LogP contribution in [-0.4, -0.2) is 22.9 Å². The van der Waals surface area contributed by atoms with E-state index in [0.29, 0.717) is 5.56 Å². The molecule has 0 saturated carbocycles. The summed E-state index contributed by atoms with van der Waals surface area (Å²) in [7, 11) is 1.60. The first-order valence-electron chi connectivity index (χ1n) is 7.13. The van der Waals surface area contributed by atoms with Gasteiger partial charge in [-0.25, -0.2) is 4.98 Å². The maximum atomic E-state index is 12.1. The fourth-order valence-corrected chi connectivity index (χ4v) is 2.81. The molecular formula is C18H16N2O2S. The number of ketones is 1. The maximum Gasteiger partial charge on any atom is 0.186 e. The van der Waals surface area contributed by atoms with Crippen molar-refractivity contribution in [3.63, 3.8) is 0 Å². The Kier molecular flexibility index (Phi) is 4.48. The van der Waals surface area contributed by atoms with Gasteiger partial charge in [0.2, 0.25) is 0 Å². The third kappa shape index (κ3) is 3.63. The Hall–Kier alpha value is -2.53. The number of fused-ring (bicyclic) bond motifs is 1. The number of H-pyrrole nitrogens is 1. The number of carbonyl (C=O) groups excluding carboxylic acids is 1. The molecule has 0 radical (unpaired) electrons. The number of allylic oxidation sites excluding steroid dienone is 1. The highest BCUT2D eigenvalue weighted by molar-refractivity contribution is 8.02. The van der Waals surface area contributed by atoms with Gasteiger partial charge in [0.15, 0.2) is 10.9 Å². The lowest BCUT2D eigenvalue weighted by Gasteiger charge is -1.99. The van der Waals surface area contributed by atoms with Crippen LogP contribution in [0, 0.1) is 6.92 Å². The van der Waals surface area contributed by atoms with Crippen LogP contribution < -0.4 is 4.74 Å². The molecule has 0 saturated heterocycles. The molecule has 3 rings (SSSR count). The molecule has 5 heteroatoms. The number of hydrogen-bond donors (Lipinski definition) is 1. The van der Waals surface area contributed by atoms with E-state index in [1.807, 2.05) is 19.1 Å². The second-order valence-electron chi connectivity index (χ2n) is 5.08. The van der Waals surface area contributed by atoms with Gasteiger partial charge in [-0.3, -0.25) is 4.79 Å². The first-order chi connectivity index (χ1) is 11.2. The molecule has 1 N–H and O–H groups in total. The zero-order valence-electron chi connectivity index (χ0n) is 12.9. The van der Waals surface area contributed by atoms with Crippen LogP contribution in [0.25, 0.3) is 11.0 Å². The lowest BCUT2D eigenvalue weighted by Crippen LogP contribution is -1.93. The molecule has 0 aliphatic carbocycles. The number of carbonyl (C=O) groups is 1. The van der Waals surface area contributed by atoms with Crippen LogP contribution in [-0.2, 0) is 0 Å². The standard InChI is InChI=1S/C18H16N2O2S/c1-12-3-8-15-16(11-12)20-18(19-15)23-10-9-17(21)13-4-6-14(22-2)7-5-13/h3-11H,1-2H3,(H,19,20)/b10-9+. The van der Waals surface area contributed by atoms with E-state index in [2.05, 4.69) is 16.0 Å². The third-order valence-corrected chi connectivity index (χ3v) is 4.08. The molecule has 0 aliphatic rings. The normalized spacial score (nSPS) is 11.2. The van der Waals surface area contributed by atoms with Crippen molar-refractivity contribution in [3.8, 4) is 5.75 Å². The molecule has 4 nitrogen and oxygen atoms in total. The number of imidazole rings is 1. The van der Waals surface area contributed by atoms with E-state index in [4.69, 9.17) is 4.74 Å². The van der Waals surface area contributed by atoms with Gasteiger partial charge in [-0.1, -0.05) is 17.8 Å². The third-order valence-electron chi connectivity index (χ3n) is 3.39. The average molecular weight is 324 g/mol. The Morgan fingerprint density at radius 3 is 2.74 bits per heavy atom. The maximum absolute atomic E-state index is 12.1. The number of ether oxygens (including phenoxy) is 1. The molecule has 0 fully saturated rings. The predicted molar refractivity (Wildman–Crippen MR) is 93.2 cm³/mol. The number of rotatable bonds is 5. The zero-order valence-corrected chi connectivity index (χ0v) is 13.7. The van der Waals surface area contributed by atoms with Crippen molar-refractivity contribution < 1.29 is 9.53 Å². The minimum Gasteiger partial charge on any atom is -0.497 e. The first-order valence-corrected chi connectivity index (χ1v) is 8.01. The quantitative estimate of drug-likeness (QED) is 0.430. The van der Waals surface area contributed by atoms with E-state index in [1.165, 1.54) is 17.3 Å². The molecule has 0 bridgehead atoms. The molecule has 0 atom stereocenters. The van der Waals surface area contributed by atoms with Gasteiger partial charge in [0.05, 0.1) is 18.1 Å². The highest BCUT2D eigenvalue weighted by Crippen LogP contribution is 2.21. The molecule has 0 aliphatic heterocycles. The zero-order chi connectivity index (χ0) is 16.2. The Bertz CT molecular complexity index is 866. The summed E-state index contributed by atoms with van der Waals surface area (Å²) in [5.41, 5.74) is 3.74. The summed E-state index contributed by atoms with van der Waals surface area (Å²) in [4.78, 5) is 19.8. The molecule has 1 aromatic heterocycles. The number of nitrogens with zero attached hydrogens (tertiary/aromatic N) is 1. The van der Waals surface area contributed by atoms with Crippen molar-refractivity contribution in [1.29, 1.82) is 0 Å². The highest BCUT2D eigenvalue weighted by Gasteiger charge is 2.04. The summed E-state index contributed by atoms with van der Waals surface area (Å²) in [5, 5.41) is 2.52. The number of thioether (sulfide) groups is 1. The van der Waals surface area contributed by atoms with Crippen molar-refractivity contribution in [2.75, 3.05) is 7.11 Å². The van der Waals surface area contributed by atoms with E-state index < -0.39 is 0 Å². The van der Waals surface area contributed by atoms with Gasteiger partial charge in [-0.2, -0.15) is 0 Å². The van der Waals surface area contributed by atoms with Gasteiger partial charge < -0.3 is 9.72 Å². The number of aryl methyl sites for hydroxylation is 1. The number of hydrogen-bond acceptors (Lipinski definition) is 4. The largest absolute Gasteiger partial charge is 0.497 e. The fourth-order valence-electron chi connectivity index (χ4n) is 2.17. The number of aromatic amines is 1. The van der Waals surface area contributed by atoms with Gasteiger partial charge >= 0.3 is 0 Å². The Balaban J connectivity index is 1.67. The summed E-state index contributed by atoms with van der Waals surface area (Å²) in [6, 6.07) is 13.1. The molecule has 2 aromatic carbocycles. The van der Waals surface area contributed by atoms with Crippen LogP contribution in [0.3, 0.4) is 0 Å². The summed E-state index contributed by atoms with van der Waals surface area (Å²) in [5.74, 6) is 0.685. The van der Waals surface area contributed by atoms with Gasteiger partial charge in [-0.05, 0) is 60.4 Å². The molecule has 0 amide bonds. The minimum absolute atomic E-state index is 0.0490. The van der Waals surface area contributed by atoms with E-state index in [-0.39, 0.29) is 5.78 Å². The van der Waals surface area contributed by atoms with Crippen LogP contribution in [0.4, 0.5) is 0 Å². The Morgan fingerprint density at radius 1 is 1.22 bits per heavy atom. The second-order valence-corrected chi connectivity index (χ2v) is 5.97. The van der Waals surface area contributed by atoms with Gasteiger partial charge in [-0.15, -0.1) is 0 Å². The number of aromatic nitrogens is 2. The first kappa shape index (κ1) is 15.4. The molecule has 116 valence electrons. The summed E-state index contributed by atoms with van der Waals surface area (Å²) in [6.45, 7) is 2.04. The van der Waals surface area contributed by atoms with Crippen molar-refractivity contribution in [1.82, 2.24) is 9.97 Å². The second kappa shape index (κ2) is 6.71. The topological polar surface area (TPSA) is 55.0 Å². The van der Waals surface area contributed by atoms with Crippen LogP contribution in [0.2, 0.25) is 0 Å². The predicted octanol–water partition coefficient (Wildman–Crippen LogP) is 4.37. The summed E-state index contributed by atoms with van der Waals surface area (Å²) < 4.78 is 5.08. The van der Waals surface area contributed by atoms with E-state index >= 15 is 0 Å². The number of benzene rings is 2. The average Bonchev–Trinajstić information content (AvgIpc) is 2.96. The van der Waals surface area contributed by atoms with Crippen molar-refractivity contribution >= 4 is 28.6 Å². The smallest absolute Gasteiger partial charge is 0.186 e. The van der Waals surface area contributed by atoms with Gasteiger partial charge in [0, 0.05) is 5.56 Å². The summed E-state index contributed by atoms with van der Waals surface area (Å²) in [6.07, 6.45) is 1.55. The van der Waals surface area contributed by atoms with Crippen LogP contribution in [0.5, 0.6) is 5.75 Å². The van der Waals surface area contributed by atoms with Crippen molar-refractivity contribution in [2.24, 2.45) is 0 Å². The number of nitrogens with one attached hydrogen (secondary N) is 1. The van der Waals surface area contributed by atoms with Crippen LogP contribution in [0.1, 0.15) is 15.9 Å². The van der Waals surface area contributed by atoms with E-state index in [0.717, 1.165) is 21.9 Å². The monoisotopic (exact) mass is 324 g/mol. The van der Waals surface area contributed by atoms with E-state index in [1.54, 1.807) is 42.9 Å². The molecule has 23 heavy (non-hydrogen) atoms. The molecule has 3 aromatic rings. The fraction of sp³-hybridized carbons (Fsp3) is 0.111. The molecular weight excluding hydrogens is 308 g/mol. The van der Waals surface area contributed by atoms with Crippen LogP contribution in [0.15, 0.2) is 59.1 Å². The molecule has 0 unspecified atom stereocenters. The van der Waals surface area contributed by atoms with Gasteiger partial charge in [0.25, 0.3) is 0 Å².